The Kier molecular flexibility index (Phi) is 3.21. The Labute approximate surface area is 99.0 Å². The van der Waals surface area contributed by atoms with Crippen LogP contribution >= 0.6 is 0 Å². The summed E-state index contributed by atoms with van der Waals surface area (Å²) in [5.41, 5.74) is 2.82. The van der Waals surface area contributed by atoms with Gasteiger partial charge in [0.25, 0.3) is 0 Å². The minimum atomic E-state index is -0.940. The fraction of sp³-hybridized carbons (Fsp3) is 0.0714. The normalized spacial score (nSPS) is 10.2. The number of carboxylic acid groups (broad SMARTS) is 1. The summed E-state index contributed by atoms with van der Waals surface area (Å²) in [5, 5.41) is 19.6. The molecule has 3 heteroatoms. The third-order valence-electron chi connectivity index (χ3n) is 2.56. The molecule has 0 fully saturated rings. The first-order valence-electron chi connectivity index (χ1n) is 5.21. The van der Waals surface area contributed by atoms with Crippen LogP contribution in [0.3, 0.4) is 0 Å². The number of rotatable bonds is 3. The Morgan fingerprint density at radius 1 is 1.06 bits per heavy atom. The van der Waals surface area contributed by atoms with E-state index >= 15 is 0 Å². The first-order chi connectivity index (χ1) is 8.20. The Morgan fingerprint density at radius 2 is 1.76 bits per heavy atom. The van der Waals surface area contributed by atoms with E-state index in [0.717, 1.165) is 16.7 Å². The molecule has 0 aliphatic carbocycles. The van der Waals surface area contributed by atoms with Crippen molar-refractivity contribution in [2.24, 2.45) is 0 Å². The highest BCUT2D eigenvalue weighted by atomic mass is 16.4. The van der Waals surface area contributed by atoms with Gasteiger partial charge < -0.3 is 10.2 Å². The van der Waals surface area contributed by atoms with Crippen molar-refractivity contribution in [3.63, 3.8) is 0 Å². The van der Waals surface area contributed by atoms with E-state index in [9.17, 15) is 9.90 Å². The highest BCUT2D eigenvalue weighted by Gasteiger charge is 2.02. The Morgan fingerprint density at radius 3 is 2.35 bits per heavy atom. The molecule has 0 saturated carbocycles. The topological polar surface area (TPSA) is 60.4 Å². The van der Waals surface area contributed by atoms with Gasteiger partial charge >= 0.3 is 5.97 Å². The van der Waals surface area contributed by atoms with Crippen molar-refractivity contribution in [1.29, 1.82) is 0 Å². The van der Waals surface area contributed by atoms with Crippen LogP contribution in [0.15, 0.2) is 48.5 Å². The third kappa shape index (κ3) is 2.52. The zero-order valence-electron chi connectivity index (χ0n) is 9.09. The molecule has 0 atom stereocenters. The maximum absolute atomic E-state index is 10.8. The van der Waals surface area contributed by atoms with Crippen LogP contribution in [0.25, 0.3) is 11.1 Å². The second-order valence-corrected chi connectivity index (χ2v) is 3.73. The van der Waals surface area contributed by atoms with Crippen LogP contribution in [0.5, 0.6) is 0 Å². The molecule has 17 heavy (non-hydrogen) atoms. The maximum Gasteiger partial charge on any atom is 0.335 e. The molecule has 0 spiro atoms. The predicted molar refractivity (Wildman–Crippen MR) is 62.5 cm³/mol. The molecule has 2 aromatic rings. The molecule has 0 aromatic heterocycles. The molecule has 86 valence electrons. The Hall–Kier alpha value is -2.13. The lowest BCUT2D eigenvalue weighted by molar-refractivity contribution is -0.386. The molecule has 1 N–H and O–H groups in total. The zero-order chi connectivity index (χ0) is 12.3. The van der Waals surface area contributed by atoms with Gasteiger partial charge in [-0.3, -0.25) is 0 Å². The summed E-state index contributed by atoms with van der Waals surface area (Å²) in [4.78, 5) is 10.7. The van der Waals surface area contributed by atoms with Crippen LogP contribution in [0.4, 0.5) is 0 Å². The average Bonchev–Trinajstić information content (AvgIpc) is 2.39. The van der Waals surface area contributed by atoms with Gasteiger partial charge in [0.2, 0.25) is 0 Å². The zero-order valence-corrected chi connectivity index (χ0v) is 9.09. The quantitative estimate of drug-likeness (QED) is 0.871. The molecule has 0 bridgehead atoms. The first kappa shape index (κ1) is 11.4. The van der Waals surface area contributed by atoms with Crippen molar-refractivity contribution in [2.45, 2.75) is 6.61 Å². The summed E-state index contributed by atoms with van der Waals surface area (Å²) in [6.45, 7) is -0.249. The van der Waals surface area contributed by atoms with E-state index in [4.69, 9.17) is 5.11 Å². The predicted octanol–water partition coefficient (Wildman–Crippen LogP) is 1.91. The van der Waals surface area contributed by atoms with E-state index in [1.165, 1.54) is 0 Å². The van der Waals surface area contributed by atoms with Gasteiger partial charge in [-0.1, -0.05) is 42.0 Å². The Balaban J connectivity index is 2.36. The number of hydrogen-bond acceptors (Lipinski definition) is 2. The van der Waals surface area contributed by atoms with E-state index in [1.807, 2.05) is 18.2 Å². The lowest BCUT2D eigenvalue weighted by Gasteiger charge is -2.07. The summed E-state index contributed by atoms with van der Waals surface area (Å²) in [5.74, 6) is -0.940. The highest BCUT2D eigenvalue weighted by Crippen LogP contribution is 2.20. The van der Waals surface area contributed by atoms with Crippen LogP contribution in [-0.4, -0.2) is 11.1 Å². The van der Waals surface area contributed by atoms with Crippen LogP contribution in [-0.2, 0) is 6.61 Å². The number of carbonyl (C=O) groups is 1. The molecule has 0 saturated heterocycles. The molecule has 3 nitrogen and oxygen atoms in total. The van der Waals surface area contributed by atoms with Gasteiger partial charge in [0.15, 0.2) is 0 Å². The summed E-state index contributed by atoms with van der Waals surface area (Å²) in [6.07, 6.45) is 0. The monoisotopic (exact) mass is 227 g/mol. The number of hydrogen-bond donors (Lipinski definition) is 1. The van der Waals surface area contributed by atoms with Crippen molar-refractivity contribution in [1.82, 2.24) is 0 Å². The lowest BCUT2D eigenvalue weighted by Crippen LogP contribution is -2.01. The standard InChI is InChI=1S/C14H11O3/c15-9-10-2-1-3-13(8-10)11-4-6-12(7-5-11)14(16)17/h1-8H,9H2,(H,16,17)/q-1. The van der Waals surface area contributed by atoms with Gasteiger partial charge in [0, 0.05) is 0 Å². The fourth-order valence-electron chi connectivity index (χ4n) is 1.65. The second kappa shape index (κ2) is 4.80. The van der Waals surface area contributed by atoms with Crippen molar-refractivity contribution in [3.05, 3.63) is 59.7 Å². The molecule has 0 aliphatic rings. The van der Waals surface area contributed by atoms with Crippen molar-refractivity contribution in [3.8, 4) is 11.1 Å². The van der Waals surface area contributed by atoms with E-state index in [0.29, 0.717) is 0 Å². The summed E-state index contributed by atoms with van der Waals surface area (Å²) < 4.78 is 0. The second-order valence-electron chi connectivity index (χ2n) is 3.73. The van der Waals surface area contributed by atoms with Gasteiger partial charge in [-0.05, 0) is 23.3 Å². The molecular formula is C14H11O3-. The van der Waals surface area contributed by atoms with Crippen molar-refractivity contribution in [2.75, 3.05) is 0 Å². The van der Waals surface area contributed by atoms with Gasteiger partial charge in [0.1, 0.15) is 0 Å². The summed E-state index contributed by atoms with van der Waals surface area (Å²) >= 11 is 0. The van der Waals surface area contributed by atoms with E-state index < -0.39 is 5.97 Å². The van der Waals surface area contributed by atoms with Gasteiger partial charge in [-0.25, -0.2) is 4.79 Å². The third-order valence-corrected chi connectivity index (χ3v) is 2.56. The smallest absolute Gasteiger partial charge is 0.335 e. The van der Waals surface area contributed by atoms with Crippen LogP contribution in [0.2, 0.25) is 0 Å². The van der Waals surface area contributed by atoms with Gasteiger partial charge in [-0.2, -0.15) is 0 Å². The lowest BCUT2D eigenvalue weighted by atomic mass is 10.0. The molecule has 2 rings (SSSR count). The summed E-state index contributed by atoms with van der Waals surface area (Å²) in [7, 11) is 0. The molecular weight excluding hydrogens is 216 g/mol. The number of carboxylic acids is 1. The highest BCUT2D eigenvalue weighted by molar-refractivity contribution is 5.88. The molecule has 0 amide bonds. The van der Waals surface area contributed by atoms with Gasteiger partial charge in [-0.15, -0.1) is 6.61 Å². The van der Waals surface area contributed by atoms with Gasteiger partial charge in [0.05, 0.1) is 5.56 Å². The number of benzene rings is 2. The fourth-order valence-corrected chi connectivity index (χ4v) is 1.65. The van der Waals surface area contributed by atoms with Crippen LogP contribution in [0, 0.1) is 0 Å². The van der Waals surface area contributed by atoms with E-state index in [-0.39, 0.29) is 12.2 Å². The van der Waals surface area contributed by atoms with Crippen molar-refractivity contribution < 1.29 is 15.0 Å². The van der Waals surface area contributed by atoms with E-state index in [2.05, 4.69) is 0 Å². The molecule has 0 aliphatic heterocycles. The van der Waals surface area contributed by atoms with Crippen molar-refractivity contribution >= 4 is 5.97 Å². The maximum atomic E-state index is 10.8. The van der Waals surface area contributed by atoms with E-state index in [1.54, 1.807) is 30.3 Å². The van der Waals surface area contributed by atoms with Crippen LogP contribution < -0.4 is 5.11 Å². The minimum absolute atomic E-state index is 0.249. The first-order valence-corrected chi connectivity index (χ1v) is 5.21. The molecule has 0 heterocycles. The largest absolute Gasteiger partial charge is 0.851 e. The SMILES string of the molecule is O=C(O)c1ccc(-c2cccc(C[O-])c2)cc1. The summed E-state index contributed by atoms with van der Waals surface area (Å²) in [6, 6.07) is 13.9. The number of aromatic carboxylic acids is 1. The molecule has 2 aromatic carbocycles. The Bertz CT molecular complexity index is 529. The molecule has 0 radical (unpaired) electrons. The van der Waals surface area contributed by atoms with Crippen LogP contribution in [0.1, 0.15) is 15.9 Å². The molecule has 0 unspecified atom stereocenters. The minimum Gasteiger partial charge on any atom is -0.851 e. The average molecular weight is 227 g/mol.